The number of H-pyrrole nitrogens is 1. The zero-order valence-corrected chi connectivity index (χ0v) is 10.9. The molecule has 104 valence electrons. The minimum atomic E-state index is -0.385. The van der Waals surface area contributed by atoms with E-state index >= 15 is 0 Å². The van der Waals surface area contributed by atoms with Crippen LogP contribution in [0.25, 0.3) is 0 Å². The molecule has 0 fully saturated rings. The summed E-state index contributed by atoms with van der Waals surface area (Å²) >= 11 is 0. The molecule has 1 aromatic carbocycles. The third kappa shape index (κ3) is 3.80. The zero-order valence-electron chi connectivity index (χ0n) is 10.9. The number of carbonyl (C=O) groups excluding carboxylic acids is 1. The number of nitrogens with one attached hydrogen (secondary N) is 2. The Morgan fingerprint density at radius 1 is 1.25 bits per heavy atom. The molecule has 2 rings (SSSR count). The molecule has 5 heteroatoms. The fourth-order valence-electron chi connectivity index (χ4n) is 1.91. The Kier molecular flexibility index (Phi) is 4.68. The van der Waals surface area contributed by atoms with E-state index in [4.69, 9.17) is 0 Å². The van der Waals surface area contributed by atoms with Crippen LogP contribution in [-0.4, -0.2) is 28.6 Å². The predicted octanol–water partition coefficient (Wildman–Crippen LogP) is 0.708. The number of amides is 1. The first kappa shape index (κ1) is 14.0. The van der Waals surface area contributed by atoms with Gasteiger partial charge in [-0.15, -0.1) is 0 Å². The van der Waals surface area contributed by atoms with E-state index in [1.807, 2.05) is 30.3 Å². The van der Waals surface area contributed by atoms with E-state index in [0.717, 1.165) is 5.56 Å². The van der Waals surface area contributed by atoms with Gasteiger partial charge in [0.05, 0.1) is 12.6 Å². The van der Waals surface area contributed by atoms with Crippen LogP contribution < -0.4 is 10.9 Å². The van der Waals surface area contributed by atoms with Gasteiger partial charge in [-0.2, -0.15) is 0 Å². The maximum atomic E-state index is 12.0. The van der Waals surface area contributed by atoms with Crippen molar-refractivity contribution in [3.63, 3.8) is 0 Å². The SMILES string of the molecule is O=C(N[C@@H](CO)Cc1ccccc1)c1cc[nH]c(=O)c1. The van der Waals surface area contributed by atoms with Crippen LogP contribution in [0.2, 0.25) is 0 Å². The van der Waals surface area contributed by atoms with Gasteiger partial charge in [-0.3, -0.25) is 9.59 Å². The van der Waals surface area contributed by atoms with Gasteiger partial charge in [0.1, 0.15) is 0 Å². The Balaban J connectivity index is 2.03. The van der Waals surface area contributed by atoms with Crippen molar-refractivity contribution in [2.75, 3.05) is 6.61 Å². The number of benzene rings is 1. The Bertz CT molecular complexity index is 622. The molecule has 1 aromatic heterocycles. The van der Waals surface area contributed by atoms with Crippen LogP contribution in [0.15, 0.2) is 53.5 Å². The lowest BCUT2D eigenvalue weighted by atomic mass is 10.1. The number of carbonyl (C=O) groups is 1. The monoisotopic (exact) mass is 272 g/mol. The van der Waals surface area contributed by atoms with Crippen LogP contribution in [0.3, 0.4) is 0 Å². The van der Waals surface area contributed by atoms with Crippen molar-refractivity contribution in [3.05, 3.63) is 70.1 Å². The number of hydrogen-bond acceptors (Lipinski definition) is 3. The topological polar surface area (TPSA) is 82.2 Å². The van der Waals surface area contributed by atoms with E-state index < -0.39 is 0 Å². The van der Waals surface area contributed by atoms with Crippen LogP contribution >= 0.6 is 0 Å². The van der Waals surface area contributed by atoms with Gasteiger partial charge in [0, 0.05) is 17.8 Å². The normalized spacial score (nSPS) is 11.8. The number of aromatic nitrogens is 1. The first-order valence-corrected chi connectivity index (χ1v) is 6.33. The maximum Gasteiger partial charge on any atom is 0.251 e. The standard InChI is InChI=1S/C15H16N2O3/c18-10-13(8-11-4-2-1-3-5-11)17-15(20)12-6-7-16-14(19)9-12/h1-7,9,13,18H,8,10H2,(H,16,19)(H,17,20)/t13-/m1/s1. The third-order valence-corrected chi connectivity index (χ3v) is 2.92. The van der Waals surface area contributed by atoms with E-state index in [0.29, 0.717) is 6.42 Å². The van der Waals surface area contributed by atoms with Crippen molar-refractivity contribution in [2.24, 2.45) is 0 Å². The summed E-state index contributed by atoms with van der Waals surface area (Å²) in [4.78, 5) is 25.6. The van der Waals surface area contributed by atoms with Gasteiger partial charge < -0.3 is 15.4 Å². The lowest BCUT2D eigenvalue weighted by Crippen LogP contribution is -2.39. The summed E-state index contributed by atoms with van der Waals surface area (Å²) in [5.41, 5.74) is 0.972. The van der Waals surface area contributed by atoms with Crippen molar-refractivity contribution >= 4 is 5.91 Å². The van der Waals surface area contributed by atoms with Gasteiger partial charge >= 0.3 is 0 Å². The van der Waals surface area contributed by atoms with E-state index in [9.17, 15) is 14.7 Å². The number of pyridine rings is 1. The maximum absolute atomic E-state index is 12.0. The number of aromatic amines is 1. The molecule has 0 aliphatic heterocycles. The van der Waals surface area contributed by atoms with Crippen molar-refractivity contribution in [3.8, 4) is 0 Å². The van der Waals surface area contributed by atoms with Crippen LogP contribution in [0.4, 0.5) is 0 Å². The van der Waals surface area contributed by atoms with Crippen molar-refractivity contribution in [1.82, 2.24) is 10.3 Å². The Labute approximate surface area is 116 Å². The highest BCUT2D eigenvalue weighted by atomic mass is 16.3. The Hall–Kier alpha value is -2.40. The van der Waals surface area contributed by atoms with Gasteiger partial charge in [-0.05, 0) is 18.1 Å². The molecule has 1 heterocycles. The van der Waals surface area contributed by atoms with E-state index in [2.05, 4.69) is 10.3 Å². The molecule has 0 saturated carbocycles. The highest BCUT2D eigenvalue weighted by Gasteiger charge is 2.13. The molecule has 0 aliphatic carbocycles. The van der Waals surface area contributed by atoms with Gasteiger partial charge in [0.2, 0.25) is 5.56 Å². The largest absolute Gasteiger partial charge is 0.394 e. The lowest BCUT2D eigenvalue weighted by molar-refractivity contribution is 0.0916. The molecule has 20 heavy (non-hydrogen) atoms. The second-order valence-electron chi connectivity index (χ2n) is 4.48. The molecular weight excluding hydrogens is 256 g/mol. The summed E-state index contributed by atoms with van der Waals surface area (Å²) < 4.78 is 0. The van der Waals surface area contributed by atoms with Crippen LogP contribution in [0.1, 0.15) is 15.9 Å². The smallest absolute Gasteiger partial charge is 0.251 e. The van der Waals surface area contributed by atoms with Crippen LogP contribution in [-0.2, 0) is 6.42 Å². The summed E-state index contributed by atoms with van der Waals surface area (Å²) in [7, 11) is 0. The first-order chi connectivity index (χ1) is 9.69. The van der Waals surface area contributed by atoms with E-state index in [1.54, 1.807) is 0 Å². The highest BCUT2D eigenvalue weighted by Crippen LogP contribution is 2.04. The summed E-state index contributed by atoms with van der Waals surface area (Å²) in [6.45, 7) is -0.163. The molecule has 1 atom stereocenters. The molecular formula is C15H16N2O3. The molecule has 0 unspecified atom stereocenters. The highest BCUT2D eigenvalue weighted by molar-refractivity contribution is 5.94. The van der Waals surface area contributed by atoms with Gasteiger partial charge in [0.25, 0.3) is 5.91 Å². The molecule has 0 aliphatic rings. The molecule has 5 nitrogen and oxygen atoms in total. The fourth-order valence-corrected chi connectivity index (χ4v) is 1.91. The minimum absolute atomic E-state index is 0.163. The van der Waals surface area contributed by atoms with Crippen LogP contribution in [0, 0.1) is 0 Å². The second-order valence-corrected chi connectivity index (χ2v) is 4.48. The van der Waals surface area contributed by atoms with Crippen LogP contribution in [0.5, 0.6) is 0 Å². The van der Waals surface area contributed by atoms with E-state index in [-0.39, 0.29) is 29.7 Å². The molecule has 0 radical (unpaired) electrons. The number of hydrogen-bond donors (Lipinski definition) is 3. The fraction of sp³-hybridized carbons (Fsp3) is 0.200. The Morgan fingerprint density at radius 3 is 2.65 bits per heavy atom. The van der Waals surface area contributed by atoms with Gasteiger partial charge in [-0.1, -0.05) is 30.3 Å². The molecule has 0 bridgehead atoms. The first-order valence-electron chi connectivity index (χ1n) is 6.33. The summed E-state index contributed by atoms with van der Waals surface area (Å²) in [6, 6.07) is 11.9. The van der Waals surface area contributed by atoms with Crippen molar-refractivity contribution in [2.45, 2.75) is 12.5 Å². The quantitative estimate of drug-likeness (QED) is 0.749. The van der Waals surface area contributed by atoms with Gasteiger partial charge in [-0.25, -0.2) is 0 Å². The molecule has 2 aromatic rings. The van der Waals surface area contributed by atoms with Crippen molar-refractivity contribution < 1.29 is 9.90 Å². The third-order valence-electron chi connectivity index (χ3n) is 2.92. The molecule has 0 saturated heterocycles. The van der Waals surface area contributed by atoms with E-state index in [1.165, 1.54) is 18.3 Å². The second kappa shape index (κ2) is 6.68. The van der Waals surface area contributed by atoms with Crippen molar-refractivity contribution in [1.29, 1.82) is 0 Å². The summed E-state index contributed by atoms with van der Waals surface area (Å²) in [6.07, 6.45) is 1.95. The molecule has 3 N–H and O–H groups in total. The lowest BCUT2D eigenvalue weighted by Gasteiger charge is -2.16. The summed E-state index contributed by atoms with van der Waals surface area (Å²) in [5, 5.41) is 12.1. The molecule has 1 amide bonds. The predicted molar refractivity (Wildman–Crippen MR) is 75.5 cm³/mol. The van der Waals surface area contributed by atoms with Gasteiger partial charge in [0.15, 0.2) is 0 Å². The number of aliphatic hydroxyl groups excluding tert-OH is 1. The Morgan fingerprint density at radius 2 is 2.00 bits per heavy atom. The number of rotatable bonds is 5. The minimum Gasteiger partial charge on any atom is -0.394 e. The summed E-state index contributed by atoms with van der Waals surface area (Å²) in [5.74, 6) is -0.369. The molecule has 0 spiro atoms. The average molecular weight is 272 g/mol. The number of aliphatic hydroxyl groups is 1. The zero-order chi connectivity index (χ0) is 14.4. The average Bonchev–Trinajstić information content (AvgIpc) is 2.47.